The number of carboxylic acids is 1. The average molecular weight is 1280 g/mol. The van der Waals surface area contributed by atoms with Crippen LogP contribution in [0.25, 0.3) is 0 Å². The van der Waals surface area contributed by atoms with Crippen LogP contribution in [0.2, 0.25) is 0 Å². The van der Waals surface area contributed by atoms with Crippen molar-refractivity contribution in [3.63, 3.8) is 0 Å². The first kappa shape index (κ1) is 70.3. The third-order valence-corrected chi connectivity index (χ3v) is 23.1. The third-order valence-electron chi connectivity index (χ3n) is 23.1. The summed E-state index contributed by atoms with van der Waals surface area (Å²) in [5.74, 6) is -4.21. The minimum absolute atomic E-state index is 0.0948. The van der Waals surface area contributed by atoms with Gasteiger partial charge in [-0.1, -0.05) is 59.3 Å². The lowest BCUT2D eigenvalue weighted by molar-refractivity contribution is -0.392. The molecule has 0 bridgehead atoms. The summed E-state index contributed by atoms with van der Waals surface area (Å²) in [6.07, 6.45) is -35.2. The molecule has 0 aromatic heterocycles. The Morgan fingerprint density at radius 3 is 1.76 bits per heavy atom. The molecule has 4 aliphatic heterocycles. The van der Waals surface area contributed by atoms with Gasteiger partial charge in [0.1, 0.15) is 86.0 Å². The number of aliphatic carboxylic acids is 1. The first-order valence-electron chi connectivity index (χ1n) is 31.0. The second kappa shape index (κ2) is 26.0. The van der Waals surface area contributed by atoms with E-state index in [1.807, 2.05) is 20.8 Å². The molecule has 9 rings (SSSR count). The summed E-state index contributed by atoms with van der Waals surface area (Å²) in [7, 11) is 0. The van der Waals surface area contributed by atoms with Gasteiger partial charge in [-0.15, -0.1) is 0 Å². The van der Waals surface area contributed by atoms with Crippen LogP contribution in [0.3, 0.4) is 0 Å². The molecule has 9 aliphatic rings. The lowest BCUT2D eigenvalue weighted by Gasteiger charge is -2.72. The second-order valence-corrected chi connectivity index (χ2v) is 28.4. The summed E-state index contributed by atoms with van der Waals surface area (Å²) in [4.78, 5) is 38.7. The van der Waals surface area contributed by atoms with Gasteiger partial charge in [-0.25, -0.2) is 9.59 Å². The van der Waals surface area contributed by atoms with E-state index in [2.05, 4.69) is 26.8 Å². The maximum absolute atomic E-state index is 13.2. The molecule has 4 saturated heterocycles. The van der Waals surface area contributed by atoms with E-state index >= 15 is 0 Å². The van der Waals surface area contributed by atoms with Crippen molar-refractivity contribution in [3.8, 4) is 0 Å². The highest BCUT2D eigenvalue weighted by atomic mass is 16.8. The monoisotopic (exact) mass is 1280 g/mol. The molecule has 28 heteroatoms. The zero-order valence-electron chi connectivity index (χ0n) is 52.0. The maximum atomic E-state index is 13.2. The first-order chi connectivity index (χ1) is 41.6. The number of carbonyl (C=O) groups is 3. The smallest absolute Gasteiger partial charge is 0.335 e. The molecule has 32 atom stereocenters. The van der Waals surface area contributed by atoms with Gasteiger partial charge in [0.25, 0.3) is 0 Å². The van der Waals surface area contributed by atoms with Crippen LogP contribution < -0.4 is 0 Å². The van der Waals surface area contributed by atoms with Crippen LogP contribution in [-0.2, 0) is 61.8 Å². The minimum atomic E-state index is -2.20. The van der Waals surface area contributed by atoms with Crippen LogP contribution in [0.15, 0.2) is 23.3 Å². The normalized spacial score (nSPS) is 51.5. The van der Waals surface area contributed by atoms with E-state index in [1.54, 1.807) is 26.8 Å². The van der Waals surface area contributed by atoms with E-state index in [0.29, 0.717) is 25.7 Å². The highest BCUT2D eigenvalue weighted by molar-refractivity contribution is 5.87. The van der Waals surface area contributed by atoms with Crippen molar-refractivity contribution < 1.29 is 138 Å². The van der Waals surface area contributed by atoms with Crippen LogP contribution in [0.1, 0.15) is 114 Å². The van der Waals surface area contributed by atoms with Crippen molar-refractivity contribution in [1.29, 1.82) is 0 Å². The Kier molecular flexibility index (Phi) is 20.5. The molecular formula is C61H96O28. The van der Waals surface area contributed by atoms with E-state index in [0.717, 1.165) is 5.57 Å². The van der Waals surface area contributed by atoms with Gasteiger partial charge in [0.15, 0.2) is 37.4 Å². The van der Waals surface area contributed by atoms with Gasteiger partial charge in [-0.05, 0) is 105 Å². The molecule has 0 unspecified atom stereocenters. The van der Waals surface area contributed by atoms with Crippen LogP contribution in [-0.4, -0.2) is 268 Å². The van der Waals surface area contributed by atoms with Gasteiger partial charge < -0.3 is 124 Å². The first-order valence-corrected chi connectivity index (χ1v) is 31.0. The predicted octanol–water partition coefficient (Wildman–Crippen LogP) is -2.47. The summed E-state index contributed by atoms with van der Waals surface area (Å²) in [6.45, 7) is 15.4. The fraction of sp³-hybridized carbons (Fsp3) is 0.885. The van der Waals surface area contributed by atoms with Crippen molar-refractivity contribution in [1.82, 2.24) is 0 Å². The number of allylic oxidation sites excluding steroid dienone is 3. The number of hydrogen-bond acceptors (Lipinski definition) is 27. The van der Waals surface area contributed by atoms with Gasteiger partial charge in [-0.2, -0.15) is 0 Å². The van der Waals surface area contributed by atoms with E-state index in [4.69, 9.17) is 47.4 Å². The van der Waals surface area contributed by atoms with Crippen molar-refractivity contribution >= 4 is 17.9 Å². The summed E-state index contributed by atoms with van der Waals surface area (Å²) < 4.78 is 60.0. The number of fused-ring (bicyclic) bond motifs is 7. The zero-order valence-corrected chi connectivity index (χ0v) is 52.0. The zero-order chi connectivity index (χ0) is 65.7. The second-order valence-electron chi connectivity index (χ2n) is 28.4. The molecule has 508 valence electrons. The Morgan fingerprint density at radius 1 is 0.640 bits per heavy atom. The predicted molar refractivity (Wildman–Crippen MR) is 300 cm³/mol. The van der Waals surface area contributed by atoms with Gasteiger partial charge in [0.05, 0.1) is 55.8 Å². The SMILES string of the molecule is C/C=C(/C)C(=O)O[C@H]1[C@H](O)[C@@H](O)[C@H](O[C@H]2[C@H](O)[C@]3(COC(C)=O)[C@H](O)C[C@]4(C)C(=CC[C@@H]5[C@@]6(C)CC[C@H](O[C@@H]7O[C@H](C(=O)O)[C@@H](O[C@@H]8O[C@H](CO)[C@@H](O)[C@H](O)[C@H]8O)[C@H](O)[C@H]7O[C@@H]7O[C@H](CO)[C@@H](O)[C@H](O)[C@H]7O)[C@](C)(CO)[C@@H]6CC[C@]54C)[C@H]3CC2(C)C)O[C@@H]1C. The largest absolute Gasteiger partial charge is 0.479 e. The number of aliphatic hydroxyl groups is 14. The lowest BCUT2D eigenvalue weighted by Crippen LogP contribution is -2.73. The molecule has 0 spiro atoms. The molecule has 89 heavy (non-hydrogen) atoms. The number of hydrogen-bond donors (Lipinski definition) is 15. The van der Waals surface area contributed by atoms with Crippen LogP contribution >= 0.6 is 0 Å². The molecular weight excluding hydrogens is 1180 g/mol. The van der Waals surface area contributed by atoms with E-state index in [9.17, 15) is 91.0 Å². The Labute approximate surface area is 516 Å². The quantitative estimate of drug-likeness (QED) is 0.0330. The molecule has 0 radical (unpaired) electrons. The van der Waals surface area contributed by atoms with Crippen LogP contribution in [0.5, 0.6) is 0 Å². The summed E-state index contributed by atoms with van der Waals surface area (Å²) in [6, 6.07) is 0. The molecule has 28 nitrogen and oxygen atoms in total. The topological polar surface area (TPSA) is 447 Å². The number of ether oxygens (including phenoxy) is 10. The van der Waals surface area contributed by atoms with E-state index < -0.39 is 230 Å². The molecule has 4 heterocycles. The van der Waals surface area contributed by atoms with E-state index in [1.165, 1.54) is 6.92 Å². The fourth-order valence-corrected chi connectivity index (χ4v) is 17.6. The average Bonchev–Trinajstić information content (AvgIpc) is 0.671. The molecule has 0 amide bonds. The van der Waals surface area contributed by atoms with Gasteiger partial charge in [-0.3, -0.25) is 4.79 Å². The van der Waals surface area contributed by atoms with Crippen molar-refractivity contribution in [2.75, 3.05) is 26.4 Å². The number of carboxylic acid groups (broad SMARTS) is 1. The van der Waals surface area contributed by atoms with Crippen molar-refractivity contribution in [2.24, 2.45) is 50.2 Å². The Balaban J connectivity index is 1.00. The number of rotatable bonds is 16. The van der Waals surface area contributed by atoms with E-state index in [-0.39, 0.29) is 36.7 Å². The maximum Gasteiger partial charge on any atom is 0.335 e. The number of carbonyl (C=O) groups excluding carboxylic acids is 2. The summed E-state index contributed by atoms with van der Waals surface area (Å²) >= 11 is 0. The van der Waals surface area contributed by atoms with Crippen molar-refractivity contribution in [3.05, 3.63) is 23.3 Å². The Bertz CT molecular complexity index is 2600. The molecule has 5 aliphatic carbocycles. The van der Waals surface area contributed by atoms with Gasteiger partial charge in [0.2, 0.25) is 0 Å². The standard InChI is InChI=1S/C61H96O28/c1-11-24(2)51(79)85-44-25(3)81-52(42(74)39(44)71)89-49-48(76)61(23-80-26(4)65)28(18-56(49,5)6)27-12-13-32-57(7)16-15-34(58(8,22-64)31(57)14-17-59(32,9)60(27,10)19-33(61)66)84-55-46(87-54-41(73)38(70)36(68)30(21-63)83-54)43(75)45(47(88-55)50(77)78)86-53-40(72)37(69)35(67)29(20-62)82-53/h11-12,25,28-49,52-55,62-64,66-76H,13-23H2,1-10H3,(H,77,78)/b24-11-/t25-,28-,29-,30-,31-,32-,33-,34+,35-,36-,37+,38+,39-,40-,41-,42-,43+,44-,45+,46-,47+,48+,49+,52+,53+,54+,55-,57+,58-,59-,60-,61+/m1/s1. The van der Waals surface area contributed by atoms with Crippen LogP contribution in [0, 0.1) is 50.2 Å². The third kappa shape index (κ3) is 11.7. The Morgan fingerprint density at radius 2 is 1.21 bits per heavy atom. The summed E-state index contributed by atoms with van der Waals surface area (Å²) in [5, 5.41) is 168. The summed E-state index contributed by atoms with van der Waals surface area (Å²) in [5.41, 5.74) is -4.43. The molecule has 4 saturated carbocycles. The van der Waals surface area contributed by atoms with Gasteiger partial charge >= 0.3 is 17.9 Å². The minimum Gasteiger partial charge on any atom is -0.479 e. The number of aliphatic hydroxyl groups excluding tert-OH is 14. The number of esters is 2. The molecule has 8 fully saturated rings. The Hall–Kier alpha value is -2.99. The molecule has 0 aromatic carbocycles. The van der Waals surface area contributed by atoms with Crippen LogP contribution in [0.4, 0.5) is 0 Å². The van der Waals surface area contributed by atoms with Crippen molar-refractivity contribution in [2.45, 2.75) is 261 Å². The lowest BCUT2D eigenvalue weighted by atomic mass is 9.33. The highest BCUT2D eigenvalue weighted by Gasteiger charge is 2.74. The fourth-order valence-electron chi connectivity index (χ4n) is 17.6. The molecule has 0 aromatic rings. The highest BCUT2D eigenvalue weighted by Crippen LogP contribution is 2.76. The molecule has 15 N–H and O–H groups in total. The van der Waals surface area contributed by atoms with Gasteiger partial charge in [0, 0.05) is 17.9 Å².